The topological polar surface area (TPSA) is 65.2 Å². The van der Waals surface area contributed by atoms with E-state index in [0.29, 0.717) is 0 Å². The number of rotatable bonds is 2. The molecule has 2 aromatic rings. The van der Waals surface area contributed by atoms with Crippen molar-refractivity contribution in [2.75, 3.05) is 0 Å². The fourth-order valence-corrected chi connectivity index (χ4v) is 4.25. The van der Waals surface area contributed by atoms with E-state index in [-0.39, 0.29) is 5.41 Å². The molecule has 0 aliphatic heterocycles. The van der Waals surface area contributed by atoms with Gasteiger partial charge in [-0.15, -0.1) is 0 Å². The van der Waals surface area contributed by atoms with Crippen molar-refractivity contribution in [3.63, 3.8) is 0 Å². The summed E-state index contributed by atoms with van der Waals surface area (Å²) in [6.45, 7) is 0. The van der Waals surface area contributed by atoms with Gasteiger partial charge < -0.3 is 10.4 Å². The molecule has 4 rings (SSSR count). The van der Waals surface area contributed by atoms with Crippen molar-refractivity contribution in [3.05, 3.63) is 69.8 Å². The highest BCUT2D eigenvalue weighted by Crippen LogP contribution is 2.47. The van der Waals surface area contributed by atoms with Crippen LogP contribution in [-0.4, -0.2) is 22.8 Å². The van der Waals surface area contributed by atoms with Gasteiger partial charge in [-0.05, 0) is 76.6 Å². The predicted molar refractivity (Wildman–Crippen MR) is 88.9 cm³/mol. The Labute approximate surface area is 134 Å². The summed E-state index contributed by atoms with van der Waals surface area (Å²) < 4.78 is 0. The molecule has 2 N–H and O–H groups in total. The molecular formula is C19H18N2O2. The summed E-state index contributed by atoms with van der Waals surface area (Å²) in [4.78, 5) is 0. The van der Waals surface area contributed by atoms with Crippen LogP contribution < -0.4 is 0 Å². The molecule has 0 saturated heterocycles. The molecule has 4 heteroatoms. The van der Waals surface area contributed by atoms with Gasteiger partial charge in [0.2, 0.25) is 0 Å². The second-order valence-electron chi connectivity index (χ2n) is 6.75. The molecule has 2 aliphatic rings. The fourth-order valence-electron chi connectivity index (χ4n) is 4.25. The van der Waals surface area contributed by atoms with Crippen LogP contribution in [0.15, 0.2) is 46.7 Å². The zero-order valence-electron chi connectivity index (χ0n) is 12.7. The van der Waals surface area contributed by atoms with Gasteiger partial charge in [-0.1, -0.05) is 34.6 Å². The lowest BCUT2D eigenvalue weighted by Gasteiger charge is -2.21. The summed E-state index contributed by atoms with van der Waals surface area (Å²) >= 11 is 0. The monoisotopic (exact) mass is 306 g/mol. The second-order valence-corrected chi connectivity index (χ2v) is 6.75. The van der Waals surface area contributed by atoms with Crippen LogP contribution in [0, 0.1) is 5.41 Å². The molecule has 2 aromatic carbocycles. The number of hydrogen-bond donors (Lipinski definition) is 2. The van der Waals surface area contributed by atoms with Crippen LogP contribution >= 0.6 is 0 Å². The second kappa shape index (κ2) is 5.23. The van der Waals surface area contributed by atoms with E-state index < -0.39 is 0 Å². The van der Waals surface area contributed by atoms with Crippen LogP contribution in [0.5, 0.6) is 0 Å². The molecular weight excluding hydrogens is 288 g/mol. The number of nitrogens with zero attached hydrogens (tertiary/aromatic N) is 2. The molecule has 0 aromatic heterocycles. The highest BCUT2D eigenvalue weighted by atomic mass is 16.4. The van der Waals surface area contributed by atoms with Crippen molar-refractivity contribution in [1.29, 1.82) is 0 Å². The van der Waals surface area contributed by atoms with Crippen LogP contribution in [0.25, 0.3) is 0 Å². The average molecular weight is 306 g/mol. The number of oxime groups is 2. The molecule has 0 heterocycles. The lowest BCUT2D eigenvalue weighted by Crippen LogP contribution is -2.21. The van der Waals surface area contributed by atoms with Crippen LogP contribution in [0.2, 0.25) is 0 Å². The van der Waals surface area contributed by atoms with Gasteiger partial charge >= 0.3 is 0 Å². The largest absolute Gasteiger partial charge is 0.411 e. The zero-order valence-corrected chi connectivity index (χ0v) is 12.7. The van der Waals surface area contributed by atoms with E-state index in [9.17, 15) is 0 Å². The molecule has 23 heavy (non-hydrogen) atoms. The number of hydrogen-bond acceptors (Lipinski definition) is 4. The minimum Gasteiger partial charge on any atom is -0.411 e. The first-order valence-electron chi connectivity index (χ1n) is 7.80. The third kappa shape index (κ3) is 2.40. The maximum atomic E-state index is 8.70. The van der Waals surface area contributed by atoms with Crippen LogP contribution in [0.4, 0.5) is 0 Å². The van der Waals surface area contributed by atoms with E-state index in [1.807, 2.05) is 12.1 Å². The summed E-state index contributed by atoms with van der Waals surface area (Å²) in [6, 6.07) is 12.6. The average Bonchev–Trinajstić information content (AvgIpc) is 3.05. The highest BCUT2D eigenvalue weighted by Gasteiger charge is 2.41. The summed E-state index contributed by atoms with van der Waals surface area (Å²) in [5.74, 6) is 0. The normalized spacial score (nSPS) is 22.3. The third-order valence-electron chi connectivity index (χ3n) is 5.14. The summed E-state index contributed by atoms with van der Waals surface area (Å²) in [7, 11) is 0. The van der Waals surface area contributed by atoms with E-state index in [4.69, 9.17) is 10.4 Å². The molecule has 0 bridgehead atoms. The number of fused-ring (bicyclic) bond motifs is 2. The summed E-state index contributed by atoms with van der Waals surface area (Å²) in [5, 5.41) is 23.6. The van der Waals surface area contributed by atoms with Gasteiger partial charge in [-0.3, -0.25) is 0 Å². The Morgan fingerprint density at radius 2 is 1.13 bits per heavy atom. The van der Waals surface area contributed by atoms with Gasteiger partial charge in [0.15, 0.2) is 0 Å². The molecule has 0 amide bonds. The molecule has 0 atom stereocenters. The minimum absolute atomic E-state index is 0.272. The van der Waals surface area contributed by atoms with Crippen LogP contribution in [-0.2, 0) is 25.7 Å². The molecule has 2 aliphatic carbocycles. The molecule has 0 saturated carbocycles. The van der Waals surface area contributed by atoms with Gasteiger partial charge in [0.05, 0.1) is 12.4 Å². The molecule has 0 unspecified atom stereocenters. The Balaban J connectivity index is 1.62. The lowest BCUT2D eigenvalue weighted by atomic mass is 9.82. The third-order valence-corrected chi connectivity index (χ3v) is 5.14. The molecule has 0 fully saturated rings. The smallest absolute Gasteiger partial charge is 0.0733 e. The van der Waals surface area contributed by atoms with E-state index in [0.717, 1.165) is 36.8 Å². The Morgan fingerprint density at radius 1 is 0.696 bits per heavy atom. The Morgan fingerprint density at radius 3 is 1.57 bits per heavy atom. The van der Waals surface area contributed by atoms with Gasteiger partial charge in [0.25, 0.3) is 0 Å². The lowest BCUT2D eigenvalue weighted by molar-refractivity contribution is 0.321. The molecule has 1 spiro atoms. The van der Waals surface area contributed by atoms with E-state index in [2.05, 4.69) is 34.6 Å². The van der Waals surface area contributed by atoms with E-state index in [1.54, 1.807) is 0 Å². The Hall–Kier alpha value is -2.62. The van der Waals surface area contributed by atoms with Gasteiger partial charge in [0.1, 0.15) is 0 Å². The van der Waals surface area contributed by atoms with Gasteiger partial charge in [-0.2, -0.15) is 0 Å². The fraction of sp³-hybridized carbons (Fsp3) is 0.263. The van der Waals surface area contributed by atoms with Crippen molar-refractivity contribution < 1.29 is 10.4 Å². The van der Waals surface area contributed by atoms with Crippen molar-refractivity contribution >= 4 is 12.4 Å². The molecule has 0 radical (unpaired) electrons. The maximum Gasteiger partial charge on any atom is 0.0733 e. The maximum absolute atomic E-state index is 8.70. The van der Waals surface area contributed by atoms with Crippen LogP contribution in [0.1, 0.15) is 33.4 Å². The first kappa shape index (κ1) is 14.0. The Bertz CT molecular complexity index is 755. The van der Waals surface area contributed by atoms with Crippen LogP contribution in [0.3, 0.4) is 0 Å². The van der Waals surface area contributed by atoms with Crippen molar-refractivity contribution in [1.82, 2.24) is 0 Å². The summed E-state index contributed by atoms with van der Waals surface area (Å²) in [5.41, 5.74) is 7.71. The van der Waals surface area contributed by atoms with E-state index >= 15 is 0 Å². The highest BCUT2D eigenvalue weighted by molar-refractivity contribution is 5.80. The molecule has 116 valence electrons. The van der Waals surface area contributed by atoms with E-state index in [1.165, 1.54) is 34.7 Å². The number of benzene rings is 2. The SMILES string of the molecule is ON=Cc1ccc2c(c1)CC1(C2)Cc2ccc(C=NO)cc2C1. The van der Waals surface area contributed by atoms with Crippen molar-refractivity contribution in [2.45, 2.75) is 25.7 Å². The zero-order chi connectivity index (χ0) is 15.9. The standard InChI is InChI=1S/C19H18N2O2/c22-20-11-13-1-3-15-7-19(9-17(15)5-13)8-16-4-2-14(12-21-23)6-18(16)10-19/h1-6,11-12,22-23H,7-10H2. The molecule has 4 nitrogen and oxygen atoms in total. The Kier molecular flexibility index (Phi) is 3.18. The minimum atomic E-state index is 0.272. The first-order chi connectivity index (χ1) is 11.2. The van der Waals surface area contributed by atoms with Crippen molar-refractivity contribution in [2.24, 2.45) is 15.7 Å². The van der Waals surface area contributed by atoms with Gasteiger partial charge in [-0.25, -0.2) is 0 Å². The quantitative estimate of drug-likeness (QED) is 0.508. The summed E-state index contributed by atoms with van der Waals surface area (Å²) in [6.07, 6.45) is 7.28. The van der Waals surface area contributed by atoms with Crippen molar-refractivity contribution in [3.8, 4) is 0 Å². The first-order valence-corrected chi connectivity index (χ1v) is 7.80. The predicted octanol–water partition coefficient (Wildman–Crippen LogP) is 3.19. The van der Waals surface area contributed by atoms with Gasteiger partial charge in [0, 0.05) is 0 Å².